The first kappa shape index (κ1) is 32.2. The molecular weight excluding hydrogens is 584 g/mol. The molecule has 2 aromatic rings. The Kier molecular flexibility index (Phi) is 9.64. The highest BCUT2D eigenvalue weighted by Crippen LogP contribution is 2.42. The normalized spacial score (nSPS) is 38.6. The van der Waals surface area contributed by atoms with Crippen molar-refractivity contribution in [2.45, 2.75) is 121 Å². The molecule has 0 spiro atoms. The van der Waals surface area contributed by atoms with Crippen LogP contribution >= 0.6 is 0 Å². The van der Waals surface area contributed by atoms with Gasteiger partial charge in [-0.1, -0.05) is 60.7 Å². The summed E-state index contributed by atoms with van der Waals surface area (Å²) in [6.07, 6.45) is -5.80. The fourth-order valence-corrected chi connectivity index (χ4v) is 7.44. The van der Waals surface area contributed by atoms with Crippen molar-refractivity contribution in [1.29, 1.82) is 0 Å². The summed E-state index contributed by atoms with van der Waals surface area (Å²) in [5.74, 6) is -0.827. The Balaban J connectivity index is 1.31. The van der Waals surface area contributed by atoms with Gasteiger partial charge in [-0.3, -0.25) is 0 Å². The lowest BCUT2D eigenvalue weighted by Gasteiger charge is -2.51. The monoisotopic (exact) mass is 630 g/mol. The van der Waals surface area contributed by atoms with E-state index in [0.29, 0.717) is 13.2 Å². The molecule has 4 fully saturated rings. The van der Waals surface area contributed by atoms with Gasteiger partial charge in [-0.25, -0.2) is 0 Å². The molecule has 2 aromatic carbocycles. The van der Waals surface area contributed by atoms with E-state index in [1.807, 2.05) is 81.4 Å². The number of hydrogen-bond donors (Lipinski definition) is 0. The van der Waals surface area contributed by atoms with Crippen molar-refractivity contribution >= 4 is 8.32 Å². The first-order chi connectivity index (χ1) is 21.0. The van der Waals surface area contributed by atoms with E-state index < -0.39 is 75.7 Å². The second-order valence-electron chi connectivity index (χ2n) is 13.3. The Labute approximate surface area is 261 Å². The zero-order chi connectivity index (χ0) is 31.1. The molecule has 11 atom stereocenters. The van der Waals surface area contributed by atoms with Crippen LogP contribution in [0.4, 0.5) is 0 Å². The van der Waals surface area contributed by atoms with Crippen LogP contribution in [-0.4, -0.2) is 89.2 Å². The predicted octanol–water partition coefficient (Wildman–Crippen LogP) is 4.93. The molecule has 0 radical (unpaired) electrons. The standard InChI is InChI=1S/C33H46O10Si/c1-20-24(27-28(31(34-4)37-20)42-33(2,3)41-27)39-32-29(43-44(5,6)7)26(35-18-21-14-10-8-11-15-21)25-23(38-32)19-36-30(40-25)22-16-12-9-13-17-22/h8-17,20,23-32H,18-19H2,1-7H3/t20-,23+,24-,25+,26-,27+,28+,29-,30+,31+,32-/m0/s1. The summed E-state index contributed by atoms with van der Waals surface area (Å²) in [6.45, 7) is 12.8. The number of hydrogen-bond acceptors (Lipinski definition) is 10. The van der Waals surface area contributed by atoms with E-state index in [9.17, 15) is 0 Å². The number of rotatable bonds is 9. The molecule has 10 nitrogen and oxygen atoms in total. The van der Waals surface area contributed by atoms with E-state index in [4.69, 9.17) is 47.1 Å². The van der Waals surface area contributed by atoms with E-state index in [2.05, 4.69) is 19.6 Å². The Hall–Kier alpha value is -1.74. The Bertz CT molecular complexity index is 1210. The second kappa shape index (κ2) is 13.2. The summed E-state index contributed by atoms with van der Waals surface area (Å²) in [7, 11) is -0.553. The zero-order valence-electron chi connectivity index (χ0n) is 26.6. The molecule has 0 aliphatic carbocycles. The van der Waals surface area contributed by atoms with Crippen molar-refractivity contribution in [3.05, 3.63) is 71.8 Å². The smallest absolute Gasteiger partial charge is 0.186 e. The number of methoxy groups -OCH3 is 1. The molecule has 0 aromatic heterocycles. The van der Waals surface area contributed by atoms with Crippen molar-refractivity contribution in [3.8, 4) is 0 Å². The van der Waals surface area contributed by atoms with E-state index >= 15 is 0 Å². The SMILES string of the molecule is CO[C@@H]1O[C@@H](C)[C@H](O[C@@H]2O[C@@H]3CO[C@@H](c4ccccc4)O[C@H]3[C@H](OCc3ccccc3)[C@@H]2O[Si](C)(C)C)[C@H]2OC(C)(C)O[C@@H]12. The molecule has 0 N–H and O–H groups in total. The van der Waals surface area contributed by atoms with E-state index in [-0.39, 0.29) is 6.10 Å². The van der Waals surface area contributed by atoms with Crippen LogP contribution in [0.3, 0.4) is 0 Å². The van der Waals surface area contributed by atoms with Crippen LogP contribution in [0.2, 0.25) is 19.6 Å². The van der Waals surface area contributed by atoms with Gasteiger partial charge in [0.2, 0.25) is 0 Å². The van der Waals surface area contributed by atoms with Gasteiger partial charge in [0.05, 0.1) is 19.3 Å². The third-order valence-electron chi connectivity index (χ3n) is 8.22. The third kappa shape index (κ3) is 7.13. The number of fused-ring (bicyclic) bond motifs is 2. The van der Waals surface area contributed by atoms with Gasteiger partial charge in [0.15, 0.2) is 33.0 Å². The van der Waals surface area contributed by atoms with Gasteiger partial charge in [0, 0.05) is 12.7 Å². The summed E-state index contributed by atoms with van der Waals surface area (Å²) >= 11 is 0. The van der Waals surface area contributed by atoms with Gasteiger partial charge in [-0.05, 0) is 46.0 Å². The third-order valence-corrected chi connectivity index (χ3v) is 9.20. The Morgan fingerprint density at radius 2 is 1.48 bits per heavy atom. The first-order valence-corrected chi connectivity index (χ1v) is 18.9. The molecule has 44 heavy (non-hydrogen) atoms. The average molecular weight is 631 g/mol. The molecular formula is C33H46O10Si. The fourth-order valence-electron chi connectivity index (χ4n) is 6.37. The van der Waals surface area contributed by atoms with E-state index in [1.165, 1.54) is 0 Å². The highest BCUT2D eigenvalue weighted by atomic mass is 28.4. The molecule has 0 saturated carbocycles. The molecule has 4 heterocycles. The molecule has 11 heteroatoms. The number of ether oxygens (including phenoxy) is 9. The highest BCUT2D eigenvalue weighted by Gasteiger charge is 2.58. The molecule has 4 aliphatic rings. The maximum Gasteiger partial charge on any atom is 0.186 e. The lowest BCUT2D eigenvalue weighted by Crippen LogP contribution is -2.67. The summed E-state index contributed by atoms with van der Waals surface area (Å²) in [5.41, 5.74) is 1.98. The lowest BCUT2D eigenvalue weighted by atomic mass is 9.96. The largest absolute Gasteiger partial charge is 0.407 e. The van der Waals surface area contributed by atoms with Crippen LogP contribution in [-0.2, 0) is 53.7 Å². The quantitative estimate of drug-likeness (QED) is 0.356. The minimum absolute atomic E-state index is 0.302. The van der Waals surface area contributed by atoms with Crippen molar-refractivity contribution < 1.29 is 47.1 Å². The second-order valence-corrected chi connectivity index (χ2v) is 17.7. The van der Waals surface area contributed by atoms with Gasteiger partial charge in [0.1, 0.15) is 42.7 Å². The summed E-state index contributed by atoms with van der Waals surface area (Å²) in [4.78, 5) is 0. The Morgan fingerprint density at radius 1 is 0.795 bits per heavy atom. The van der Waals surface area contributed by atoms with Crippen LogP contribution in [0.15, 0.2) is 60.7 Å². The lowest BCUT2D eigenvalue weighted by molar-refractivity contribution is -0.381. The molecule has 242 valence electrons. The maximum absolute atomic E-state index is 6.86. The predicted molar refractivity (Wildman–Crippen MR) is 162 cm³/mol. The molecule has 0 bridgehead atoms. The molecule has 0 amide bonds. The van der Waals surface area contributed by atoms with Crippen LogP contribution in [0, 0.1) is 0 Å². The summed E-state index contributed by atoms with van der Waals surface area (Å²) < 4.78 is 64.3. The van der Waals surface area contributed by atoms with Gasteiger partial charge in [-0.2, -0.15) is 0 Å². The van der Waals surface area contributed by atoms with Crippen LogP contribution < -0.4 is 0 Å². The van der Waals surface area contributed by atoms with Crippen molar-refractivity contribution in [3.63, 3.8) is 0 Å². The van der Waals surface area contributed by atoms with E-state index in [0.717, 1.165) is 11.1 Å². The average Bonchev–Trinajstić information content (AvgIpc) is 3.33. The van der Waals surface area contributed by atoms with Crippen molar-refractivity contribution in [2.75, 3.05) is 13.7 Å². The van der Waals surface area contributed by atoms with Gasteiger partial charge >= 0.3 is 0 Å². The molecule has 0 unspecified atom stereocenters. The van der Waals surface area contributed by atoms with Gasteiger partial charge in [0.25, 0.3) is 0 Å². The van der Waals surface area contributed by atoms with Crippen LogP contribution in [0.25, 0.3) is 0 Å². The summed E-state index contributed by atoms with van der Waals surface area (Å²) in [6, 6.07) is 20.0. The minimum atomic E-state index is -2.16. The van der Waals surface area contributed by atoms with E-state index in [1.54, 1.807) is 7.11 Å². The highest BCUT2D eigenvalue weighted by molar-refractivity contribution is 6.69. The Morgan fingerprint density at radius 3 is 2.16 bits per heavy atom. The topological polar surface area (TPSA) is 92.3 Å². The van der Waals surface area contributed by atoms with Crippen molar-refractivity contribution in [2.24, 2.45) is 0 Å². The van der Waals surface area contributed by atoms with Crippen LogP contribution in [0.5, 0.6) is 0 Å². The first-order valence-electron chi connectivity index (χ1n) is 15.5. The van der Waals surface area contributed by atoms with Crippen molar-refractivity contribution in [1.82, 2.24) is 0 Å². The molecule has 4 aliphatic heterocycles. The van der Waals surface area contributed by atoms with Crippen LogP contribution in [0.1, 0.15) is 38.2 Å². The number of benzene rings is 2. The molecule has 6 rings (SSSR count). The summed E-state index contributed by atoms with van der Waals surface area (Å²) in [5, 5.41) is 0. The van der Waals surface area contributed by atoms with Gasteiger partial charge < -0.3 is 47.1 Å². The maximum atomic E-state index is 6.86. The molecule has 4 saturated heterocycles. The minimum Gasteiger partial charge on any atom is -0.407 e. The fraction of sp³-hybridized carbons (Fsp3) is 0.636. The van der Waals surface area contributed by atoms with Gasteiger partial charge in [-0.15, -0.1) is 0 Å². The zero-order valence-corrected chi connectivity index (χ0v) is 27.6.